The molecule has 0 saturated heterocycles. The van der Waals surface area contributed by atoms with Gasteiger partial charge in [0.05, 0.1) is 6.54 Å². The highest BCUT2D eigenvalue weighted by Crippen LogP contribution is 2.18. The molecule has 16 heavy (non-hydrogen) atoms. The number of carboxylic acids is 1. The van der Waals surface area contributed by atoms with Gasteiger partial charge in [-0.2, -0.15) is 0 Å². The van der Waals surface area contributed by atoms with Gasteiger partial charge in [0.1, 0.15) is 5.56 Å². The van der Waals surface area contributed by atoms with Gasteiger partial charge >= 0.3 is 5.97 Å². The van der Waals surface area contributed by atoms with Gasteiger partial charge in [-0.25, -0.2) is 14.2 Å². The number of anilines is 1. The van der Waals surface area contributed by atoms with Crippen LogP contribution in [0.15, 0.2) is 12.3 Å². The lowest BCUT2D eigenvalue weighted by Crippen LogP contribution is -2.25. The van der Waals surface area contributed by atoms with Crippen molar-refractivity contribution in [2.24, 2.45) is 0 Å². The van der Waals surface area contributed by atoms with E-state index in [-0.39, 0.29) is 12.4 Å². The predicted molar refractivity (Wildman–Crippen MR) is 57.9 cm³/mol. The molecule has 0 aliphatic rings. The highest BCUT2D eigenvalue weighted by Gasteiger charge is 2.18. The fourth-order valence-corrected chi connectivity index (χ4v) is 1.26. The molecule has 1 heterocycles. The van der Waals surface area contributed by atoms with Crippen LogP contribution in [0.5, 0.6) is 0 Å². The molecule has 1 aromatic rings. The summed E-state index contributed by atoms with van der Waals surface area (Å²) >= 11 is 0. The summed E-state index contributed by atoms with van der Waals surface area (Å²) in [6, 6.07) is 1.12. The van der Waals surface area contributed by atoms with Crippen molar-refractivity contribution in [1.29, 1.82) is 0 Å². The summed E-state index contributed by atoms with van der Waals surface area (Å²) < 4.78 is 13.7. The van der Waals surface area contributed by atoms with E-state index < -0.39 is 17.3 Å². The number of aromatic carboxylic acids is 1. The molecule has 1 aromatic heterocycles. The average Bonchev–Trinajstić information content (AvgIpc) is 2.26. The first-order valence-electron chi connectivity index (χ1n) is 4.68. The number of hydrogen-bond acceptors (Lipinski definition) is 3. The average molecular weight is 222 g/mol. The second-order valence-corrected chi connectivity index (χ2v) is 3.02. The Bertz CT molecular complexity index is 440. The SMILES string of the molecule is C#CCN(CC)c1nccc(C(=O)O)c1F. The number of nitrogens with zero attached hydrogens (tertiary/aromatic N) is 2. The van der Waals surface area contributed by atoms with E-state index in [1.54, 1.807) is 6.92 Å². The Morgan fingerprint density at radius 2 is 2.44 bits per heavy atom. The summed E-state index contributed by atoms with van der Waals surface area (Å²) in [6.07, 6.45) is 6.38. The quantitative estimate of drug-likeness (QED) is 0.782. The fourth-order valence-electron chi connectivity index (χ4n) is 1.26. The van der Waals surface area contributed by atoms with Gasteiger partial charge in [0, 0.05) is 12.7 Å². The predicted octanol–water partition coefficient (Wildman–Crippen LogP) is 1.38. The molecule has 84 valence electrons. The Morgan fingerprint density at radius 3 is 2.94 bits per heavy atom. The van der Waals surface area contributed by atoms with Crippen LogP contribution in [0.4, 0.5) is 10.2 Å². The first-order chi connectivity index (χ1) is 7.61. The Hall–Kier alpha value is -2.09. The lowest BCUT2D eigenvalue weighted by atomic mass is 10.2. The van der Waals surface area contributed by atoms with E-state index >= 15 is 0 Å². The van der Waals surface area contributed by atoms with Crippen LogP contribution in [0.3, 0.4) is 0 Å². The molecule has 1 rings (SSSR count). The molecule has 0 aliphatic carbocycles. The maximum absolute atomic E-state index is 13.7. The van der Waals surface area contributed by atoms with Crippen molar-refractivity contribution in [3.63, 3.8) is 0 Å². The summed E-state index contributed by atoms with van der Waals surface area (Å²) in [6.45, 7) is 2.42. The van der Waals surface area contributed by atoms with Gasteiger partial charge in [0.15, 0.2) is 11.6 Å². The minimum Gasteiger partial charge on any atom is -0.478 e. The number of pyridine rings is 1. The van der Waals surface area contributed by atoms with Crippen LogP contribution in [-0.4, -0.2) is 29.1 Å². The topological polar surface area (TPSA) is 53.4 Å². The molecular weight excluding hydrogens is 211 g/mol. The molecule has 1 N–H and O–H groups in total. The third-order valence-electron chi connectivity index (χ3n) is 2.06. The Balaban J connectivity index is 3.19. The highest BCUT2D eigenvalue weighted by atomic mass is 19.1. The van der Waals surface area contributed by atoms with E-state index in [9.17, 15) is 9.18 Å². The molecule has 0 aliphatic heterocycles. The van der Waals surface area contributed by atoms with E-state index in [4.69, 9.17) is 11.5 Å². The molecule has 5 heteroatoms. The zero-order valence-electron chi connectivity index (χ0n) is 8.77. The van der Waals surface area contributed by atoms with Crippen molar-refractivity contribution in [2.45, 2.75) is 6.92 Å². The zero-order chi connectivity index (χ0) is 12.1. The standard InChI is InChI=1S/C11H11FN2O2/c1-3-7-14(4-2)10-9(12)8(11(15)16)5-6-13-10/h1,5-6H,4,7H2,2H3,(H,15,16). The second kappa shape index (κ2) is 5.12. The van der Waals surface area contributed by atoms with Crippen molar-refractivity contribution in [1.82, 2.24) is 4.98 Å². The van der Waals surface area contributed by atoms with Gasteiger partial charge in [0.25, 0.3) is 0 Å². The largest absolute Gasteiger partial charge is 0.478 e. The Labute approximate surface area is 92.7 Å². The number of aromatic nitrogens is 1. The van der Waals surface area contributed by atoms with Gasteiger partial charge in [-0.15, -0.1) is 6.42 Å². The smallest absolute Gasteiger partial charge is 0.338 e. The van der Waals surface area contributed by atoms with Gasteiger partial charge in [-0.05, 0) is 13.0 Å². The van der Waals surface area contributed by atoms with Crippen LogP contribution in [0.2, 0.25) is 0 Å². The van der Waals surface area contributed by atoms with E-state index in [1.807, 2.05) is 0 Å². The first-order valence-corrected chi connectivity index (χ1v) is 4.68. The first kappa shape index (κ1) is 12.0. The number of halogens is 1. The summed E-state index contributed by atoms with van der Waals surface area (Å²) in [5, 5.41) is 8.75. The van der Waals surface area contributed by atoms with Crippen LogP contribution in [0, 0.1) is 18.2 Å². The Morgan fingerprint density at radius 1 is 1.75 bits per heavy atom. The number of hydrogen-bond donors (Lipinski definition) is 1. The molecule has 0 aromatic carbocycles. The van der Waals surface area contributed by atoms with Crippen LogP contribution in [-0.2, 0) is 0 Å². The molecule has 0 unspecified atom stereocenters. The van der Waals surface area contributed by atoms with E-state index in [1.165, 1.54) is 11.1 Å². The van der Waals surface area contributed by atoms with Crippen molar-refractivity contribution in [2.75, 3.05) is 18.0 Å². The van der Waals surface area contributed by atoms with Crippen molar-refractivity contribution < 1.29 is 14.3 Å². The van der Waals surface area contributed by atoms with Gasteiger partial charge in [-0.3, -0.25) is 0 Å². The summed E-state index contributed by atoms with van der Waals surface area (Å²) in [5.74, 6) is 0.162. The number of rotatable bonds is 4. The number of carboxylic acid groups (broad SMARTS) is 1. The minimum absolute atomic E-state index is 0.0275. The highest BCUT2D eigenvalue weighted by molar-refractivity contribution is 5.88. The van der Waals surface area contributed by atoms with Crippen molar-refractivity contribution in [3.05, 3.63) is 23.6 Å². The minimum atomic E-state index is -1.32. The molecule has 0 saturated carbocycles. The third kappa shape index (κ3) is 2.28. The van der Waals surface area contributed by atoms with Crippen LogP contribution in [0.1, 0.15) is 17.3 Å². The molecular formula is C11H11FN2O2. The van der Waals surface area contributed by atoms with Gasteiger partial charge in [-0.1, -0.05) is 5.92 Å². The fraction of sp³-hybridized carbons (Fsp3) is 0.273. The van der Waals surface area contributed by atoms with Crippen molar-refractivity contribution in [3.8, 4) is 12.3 Å². The maximum atomic E-state index is 13.7. The van der Waals surface area contributed by atoms with E-state index in [0.717, 1.165) is 6.07 Å². The number of carbonyl (C=O) groups is 1. The maximum Gasteiger partial charge on any atom is 0.338 e. The molecule has 4 nitrogen and oxygen atoms in total. The summed E-state index contributed by atoms with van der Waals surface area (Å²) in [7, 11) is 0. The van der Waals surface area contributed by atoms with Crippen LogP contribution < -0.4 is 4.90 Å². The molecule has 0 spiro atoms. The molecule has 0 radical (unpaired) electrons. The van der Waals surface area contributed by atoms with E-state index in [2.05, 4.69) is 10.9 Å². The number of terminal acetylenes is 1. The van der Waals surface area contributed by atoms with Crippen LogP contribution >= 0.6 is 0 Å². The lowest BCUT2D eigenvalue weighted by molar-refractivity contribution is 0.0692. The van der Waals surface area contributed by atoms with Gasteiger partial charge < -0.3 is 10.0 Å². The lowest BCUT2D eigenvalue weighted by Gasteiger charge is -2.19. The zero-order valence-corrected chi connectivity index (χ0v) is 8.77. The van der Waals surface area contributed by atoms with E-state index in [0.29, 0.717) is 6.54 Å². The monoisotopic (exact) mass is 222 g/mol. The second-order valence-electron chi connectivity index (χ2n) is 3.02. The molecule has 0 bridgehead atoms. The molecule has 0 amide bonds. The van der Waals surface area contributed by atoms with Gasteiger partial charge in [0.2, 0.25) is 0 Å². The normalized spacial score (nSPS) is 9.56. The molecule has 0 atom stereocenters. The third-order valence-corrected chi connectivity index (χ3v) is 2.06. The van der Waals surface area contributed by atoms with Crippen molar-refractivity contribution >= 4 is 11.8 Å². The molecule has 0 fully saturated rings. The Kier molecular flexibility index (Phi) is 3.84. The summed E-state index contributed by atoms with van der Waals surface area (Å²) in [4.78, 5) is 16.0. The summed E-state index contributed by atoms with van der Waals surface area (Å²) in [5.41, 5.74) is -0.402. The van der Waals surface area contributed by atoms with Crippen LogP contribution in [0.25, 0.3) is 0 Å².